The third-order valence-electron chi connectivity index (χ3n) is 1.11. The topological polar surface area (TPSA) is 63.1 Å². The van der Waals surface area contributed by atoms with Crippen LogP contribution in [0.25, 0.3) is 0 Å². The van der Waals surface area contributed by atoms with Crippen LogP contribution in [0.5, 0.6) is 0 Å². The Morgan fingerprint density at radius 1 is 1.50 bits per heavy atom. The Kier molecular flexibility index (Phi) is 2.38. The summed E-state index contributed by atoms with van der Waals surface area (Å²) < 4.78 is 0. The lowest BCUT2D eigenvalue weighted by molar-refractivity contribution is 0.0683. The van der Waals surface area contributed by atoms with E-state index in [1.165, 1.54) is 12.4 Å². The van der Waals surface area contributed by atoms with Gasteiger partial charge in [-0.15, -0.1) is 5.92 Å². The van der Waals surface area contributed by atoms with Crippen molar-refractivity contribution in [3.63, 3.8) is 0 Å². The first-order valence-electron chi connectivity index (χ1n) is 3.22. The van der Waals surface area contributed by atoms with Gasteiger partial charge in [0, 0.05) is 12.4 Å². The zero-order valence-electron chi connectivity index (χ0n) is 6.40. The van der Waals surface area contributed by atoms with E-state index < -0.39 is 5.97 Å². The lowest BCUT2D eigenvalue weighted by Crippen LogP contribution is -2.03. The van der Waals surface area contributed by atoms with E-state index in [9.17, 15) is 4.79 Å². The molecule has 0 saturated carbocycles. The quantitative estimate of drug-likeness (QED) is 0.612. The number of hydrogen-bond acceptors (Lipinski definition) is 3. The minimum absolute atomic E-state index is 0.211. The Hall–Kier alpha value is -1.89. The summed E-state index contributed by atoms with van der Waals surface area (Å²) in [6.45, 7) is 1.69. The molecule has 0 bridgehead atoms. The van der Waals surface area contributed by atoms with Crippen molar-refractivity contribution in [2.45, 2.75) is 6.92 Å². The largest absolute Gasteiger partial charge is 0.475 e. The fourth-order valence-electron chi connectivity index (χ4n) is 0.647. The van der Waals surface area contributed by atoms with Crippen molar-refractivity contribution in [2.75, 3.05) is 0 Å². The average Bonchev–Trinajstić information content (AvgIpc) is 2.06. The highest BCUT2D eigenvalue weighted by atomic mass is 16.4. The molecule has 0 aromatic carbocycles. The van der Waals surface area contributed by atoms with Crippen LogP contribution in [0.1, 0.15) is 23.1 Å². The number of carboxylic acids is 1. The van der Waals surface area contributed by atoms with Crippen LogP contribution < -0.4 is 0 Å². The summed E-state index contributed by atoms with van der Waals surface area (Å²) in [4.78, 5) is 17.5. The third kappa shape index (κ3) is 1.80. The molecule has 4 nitrogen and oxygen atoms in total. The molecule has 0 aliphatic heterocycles. The standard InChI is InChI=1S/C8H6N2O2/c1-2-3-6-4-9-7(8(11)12)10-5-6/h4-5H,1H3,(H,11,12). The number of aromatic carboxylic acids is 1. The minimum atomic E-state index is -1.13. The molecule has 0 amide bonds. The SMILES string of the molecule is CC#Cc1cnc(C(=O)O)nc1. The second kappa shape index (κ2) is 3.49. The van der Waals surface area contributed by atoms with Gasteiger partial charge in [-0.3, -0.25) is 0 Å². The van der Waals surface area contributed by atoms with Gasteiger partial charge >= 0.3 is 5.97 Å². The predicted molar refractivity (Wildman–Crippen MR) is 41.5 cm³/mol. The molecule has 0 saturated heterocycles. The summed E-state index contributed by atoms with van der Waals surface area (Å²) in [7, 11) is 0. The van der Waals surface area contributed by atoms with E-state index in [1.807, 2.05) is 0 Å². The van der Waals surface area contributed by atoms with E-state index >= 15 is 0 Å². The van der Waals surface area contributed by atoms with Gasteiger partial charge in [0.05, 0.1) is 5.56 Å². The highest BCUT2D eigenvalue weighted by Gasteiger charge is 2.03. The zero-order chi connectivity index (χ0) is 8.97. The molecule has 0 aliphatic carbocycles. The van der Waals surface area contributed by atoms with E-state index in [1.54, 1.807) is 6.92 Å². The van der Waals surface area contributed by atoms with Crippen LogP contribution in [-0.2, 0) is 0 Å². The molecule has 0 aliphatic rings. The predicted octanol–water partition coefficient (Wildman–Crippen LogP) is 0.546. The van der Waals surface area contributed by atoms with E-state index in [-0.39, 0.29) is 5.82 Å². The molecule has 0 spiro atoms. The molecule has 0 atom stereocenters. The maximum atomic E-state index is 10.3. The van der Waals surface area contributed by atoms with Crippen molar-refractivity contribution in [2.24, 2.45) is 0 Å². The number of nitrogens with zero attached hydrogens (tertiary/aromatic N) is 2. The van der Waals surface area contributed by atoms with Crippen molar-refractivity contribution < 1.29 is 9.90 Å². The Morgan fingerprint density at radius 3 is 2.50 bits per heavy atom. The minimum Gasteiger partial charge on any atom is -0.475 e. The molecule has 0 unspecified atom stereocenters. The fourth-order valence-corrected chi connectivity index (χ4v) is 0.647. The van der Waals surface area contributed by atoms with Gasteiger partial charge in [-0.25, -0.2) is 14.8 Å². The van der Waals surface area contributed by atoms with Crippen LogP contribution in [-0.4, -0.2) is 21.0 Å². The van der Waals surface area contributed by atoms with Crippen molar-refractivity contribution in [1.82, 2.24) is 9.97 Å². The second-order valence-corrected chi connectivity index (χ2v) is 1.98. The average molecular weight is 162 g/mol. The molecule has 60 valence electrons. The van der Waals surface area contributed by atoms with Gasteiger partial charge in [-0.2, -0.15) is 0 Å². The first-order chi connectivity index (χ1) is 5.74. The normalized spacial score (nSPS) is 8.42. The number of rotatable bonds is 1. The molecule has 0 fully saturated rings. The maximum Gasteiger partial charge on any atom is 0.373 e. The van der Waals surface area contributed by atoms with Gasteiger partial charge in [0.25, 0.3) is 0 Å². The summed E-state index contributed by atoms with van der Waals surface area (Å²) in [5.74, 6) is 4.02. The van der Waals surface area contributed by atoms with Crippen molar-refractivity contribution in [3.8, 4) is 11.8 Å². The Morgan fingerprint density at radius 2 is 2.08 bits per heavy atom. The van der Waals surface area contributed by atoms with Gasteiger partial charge in [-0.05, 0) is 6.92 Å². The van der Waals surface area contributed by atoms with Crippen LogP contribution in [0.3, 0.4) is 0 Å². The summed E-state index contributed by atoms with van der Waals surface area (Å²) in [6, 6.07) is 0. The van der Waals surface area contributed by atoms with Crippen LogP contribution in [0.4, 0.5) is 0 Å². The second-order valence-electron chi connectivity index (χ2n) is 1.98. The smallest absolute Gasteiger partial charge is 0.373 e. The van der Waals surface area contributed by atoms with Crippen LogP contribution in [0, 0.1) is 11.8 Å². The van der Waals surface area contributed by atoms with Crippen molar-refractivity contribution in [3.05, 3.63) is 23.8 Å². The molecular weight excluding hydrogens is 156 g/mol. The van der Waals surface area contributed by atoms with Crippen LogP contribution in [0.15, 0.2) is 12.4 Å². The third-order valence-corrected chi connectivity index (χ3v) is 1.11. The van der Waals surface area contributed by atoms with Crippen LogP contribution >= 0.6 is 0 Å². The highest BCUT2D eigenvalue weighted by molar-refractivity contribution is 5.82. The fraction of sp³-hybridized carbons (Fsp3) is 0.125. The van der Waals surface area contributed by atoms with E-state index in [0.717, 1.165) is 0 Å². The van der Waals surface area contributed by atoms with Gasteiger partial charge in [-0.1, -0.05) is 5.92 Å². The number of aromatic nitrogens is 2. The van der Waals surface area contributed by atoms with Gasteiger partial charge in [0.1, 0.15) is 0 Å². The van der Waals surface area contributed by atoms with Gasteiger partial charge in [0.2, 0.25) is 5.82 Å². The molecule has 1 rings (SSSR count). The molecule has 1 heterocycles. The van der Waals surface area contributed by atoms with E-state index in [0.29, 0.717) is 5.56 Å². The monoisotopic (exact) mass is 162 g/mol. The number of hydrogen-bond donors (Lipinski definition) is 1. The summed E-state index contributed by atoms with van der Waals surface area (Å²) in [6.07, 6.45) is 2.76. The number of carboxylic acid groups (broad SMARTS) is 1. The molecule has 0 radical (unpaired) electrons. The van der Waals surface area contributed by atoms with E-state index in [4.69, 9.17) is 5.11 Å². The van der Waals surface area contributed by atoms with Gasteiger partial charge < -0.3 is 5.11 Å². The van der Waals surface area contributed by atoms with Crippen LogP contribution in [0.2, 0.25) is 0 Å². The molecule has 12 heavy (non-hydrogen) atoms. The summed E-state index contributed by atoms with van der Waals surface area (Å²) in [5, 5.41) is 8.44. The molecule has 1 N–H and O–H groups in total. The highest BCUT2D eigenvalue weighted by Crippen LogP contribution is 1.93. The van der Waals surface area contributed by atoms with Gasteiger partial charge in [0.15, 0.2) is 0 Å². The first-order valence-corrected chi connectivity index (χ1v) is 3.22. The van der Waals surface area contributed by atoms with Crippen molar-refractivity contribution >= 4 is 5.97 Å². The Balaban J connectivity index is 2.98. The Labute approximate surface area is 69.3 Å². The summed E-state index contributed by atoms with van der Waals surface area (Å²) >= 11 is 0. The lowest BCUT2D eigenvalue weighted by atomic mass is 10.3. The molecule has 1 aromatic rings. The Bertz CT molecular complexity index is 346. The molecule has 1 aromatic heterocycles. The first kappa shape index (κ1) is 8.21. The van der Waals surface area contributed by atoms with E-state index in [2.05, 4.69) is 21.8 Å². The molecule has 4 heteroatoms. The maximum absolute atomic E-state index is 10.3. The molecular formula is C8H6N2O2. The van der Waals surface area contributed by atoms with Crippen molar-refractivity contribution in [1.29, 1.82) is 0 Å². The summed E-state index contributed by atoms with van der Waals surface area (Å²) in [5.41, 5.74) is 0.613. The lowest BCUT2D eigenvalue weighted by Gasteiger charge is -1.90. The number of carbonyl (C=O) groups is 1. The zero-order valence-corrected chi connectivity index (χ0v) is 6.40.